The lowest BCUT2D eigenvalue weighted by Gasteiger charge is -2.29. The van der Waals surface area contributed by atoms with Crippen molar-refractivity contribution in [2.45, 2.75) is 83.2 Å². The van der Waals surface area contributed by atoms with E-state index in [2.05, 4.69) is 5.32 Å². The summed E-state index contributed by atoms with van der Waals surface area (Å²) in [6, 6.07) is -1.10. The lowest BCUT2D eigenvalue weighted by Crippen LogP contribution is -2.46. The highest BCUT2D eigenvalue weighted by molar-refractivity contribution is 5.85. The summed E-state index contributed by atoms with van der Waals surface area (Å²) in [5.74, 6) is -0.215. The second kappa shape index (κ2) is 9.73. The Labute approximate surface area is 149 Å². The SMILES string of the molecule is CCOC(=O)C(CC1CCC([N+](=O)[O-])CC1)NC(=O)C1CCCCC1. The number of carbonyl (C=O) groups is 2. The maximum Gasteiger partial charge on any atom is 0.328 e. The van der Waals surface area contributed by atoms with E-state index in [0.29, 0.717) is 19.3 Å². The molecule has 1 atom stereocenters. The summed E-state index contributed by atoms with van der Waals surface area (Å²) in [5, 5.41) is 13.8. The predicted molar refractivity (Wildman–Crippen MR) is 92.5 cm³/mol. The number of carbonyl (C=O) groups excluding carboxylic acids is 2. The Morgan fingerprint density at radius 3 is 2.32 bits per heavy atom. The van der Waals surface area contributed by atoms with Crippen LogP contribution in [0.25, 0.3) is 0 Å². The van der Waals surface area contributed by atoms with Gasteiger partial charge in [-0.2, -0.15) is 0 Å². The van der Waals surface area contributed by atoms with Crippen LogP contribution in [-0.2, 0) is 14.3 Å². The molecule has 0 bridgehead atoms. The monoisotopic (exact) mass is 354 g/mol. The van der Waals surface area contributed by atoms with Gasteiger partial charge in [0.25, 0.3) is 0 Å². The molecule has 7 heteroatoms. The lowest BCUT2D eigenvalue weighted by molar-refractivity contribution is -0.527. The summed E-state index contributed by atoms with van der Waals surface area (Å²) in [6.07, 6.45) is 8.12. The molecule has 1 amide bonds. The number of nitrogens with one attached hydrogen (secondary N) is 1. The van der Waals surface area contributed by atoms with Crippen molar-refractivity contribution in [3.05, 3.63) is 10.1 Å². The van der Waals surface area contributed by atoms with Gasteiger partial charge in [-0.15, -0.1) is 0 Å². The Kier molecular flexibility index (Phi) is 7.65. The summed E-state index contributed by atoms with van der Waals surface area (Å²) < 4.78 is 5.13. The summed E-state index contributed by atoms with van der Waals surface area (Å²) in [4.78, 5) is 35.4. The third-order valence-electron chi connectivity index (χ3n) is 5.55. The fourth-order valence-electron chi connectivity index (χ4n) is 4.04. The molecule has 1 N–H and O–H groups in total. The van der Waals surface area contributed by atoms with Crippen LogP contribution in [-0.4, -0.2) is 35.5 Å². The molecule has 0 saturated heterocycles. The Bertz CT molecular complexity index is 468. The van der Waals surface area contributed by atoms with Gasteiger partial charge in [-0.05, 0) is 44.9 Å². The molecule has 2 rings (SSSR count). The molecule has 0 heterocycles. The quantitative estimate of drug-likeness (QED) is 0.430. The number of rotatable bonds is 7. The van der Waals surface area contributed by atoms with Crippen molar-refractivity contribution in [3.8, 4) is 0 Å². The van der Waals surface area contributed by atoms with Crippen molar-refractivity contribution in [1.82, 2.24) is 5.32 Å². The van der Waals surface area contributed by atoms with Gasteiger partial charge in [-0.25, -0.2) is 4.79 Å². The average Bonchev–Trinajstić information content (AvgIpc) is 2.62. The van der Waals surface area contributed by atoms with Gasteiger partial charge in [0, 0.05) is 23.7 Å². The minimum absolute atomic E-state index is 0.00380. The van der Waals surface area contributed by atoms with Gasteiger partial charge in [-0.3, -0.25) is 14.9 Å². The zero-order valence-corrected chi connectivity index (χ0v) is 15.1. The average molecular weight is 354 g/mol. The molecular weight excluding hydrogens is 324 g/mol. The largest absolute Gasteiger partial charge is 0.464 e. The van der Waals surface area contributed by atoms with Crippen LogP contribution in [0.1, 0.15) is 71.1 Å². The Hall–Kier alpha value is -1.66. The summed E-state index contributed by atoms with van der Waals surface area (Å²) in [6.45, 7) is 2.03. The number of esters is 1. The summed E-state index contributed by atoms with van der Waals surface area (Å²) in [5.41, 5.74) is 0. The molecule has 7 nitrogen and oxygen atoms in total. The van der Waals surface area contributed by atoms with Gasteiger partial charge < -0.3 is 10.1 Å². The van der Waals surface area contributed by atoms with Crippen molar-refractivity contribution in [1.29, 1.82) is 0 Å². The number of ether oxygens (including phenoxy) is 1. The highest BCUT2D eigenvalue weighted by Crippen LogP contribution is 2.30. The second-order valence-electron chi connectivity index (χ2n) is 7.34. The molecule has 2 fully saturated rings. The van der Waals surface area contributed by atoms with E-state index >= 15 is 0 Å². The van der Waals surface area contributed by atoms with Crippen LogP contribution in [0.4, 0.5) is 0 Å². The van der Waals surface area contributed by atoms with Crippen molar-refractivity contribution in [2.75, 3.05) is 6.61 Å². The molecule has 0 radical (unpaired) electrons. The van der Waals surface area contributed by atoms with Crippen LogP contribution < -0.4 is 5.32 Å². The van der Waals surface area contributed by atoms with Crippen molar-refractivity contribution < 1.29 is 19.2 Å². The highest BCUT2D eigenvalue weighted by Gasteiger charge is 2.33. The molecule has 2 aliphatic carbocycles. The predicted octanol–water partition coefficient (Wildman–Crippen LogP) is 2.84. The zero-order chi connectivity index (χ0) is 18.2. The van der Waals surface area contributed by atoms with Crippen LogP contribution in [0.15, 0.2) is 0 Å². The van der Waals surface area contributed by atoms with Crippen molar-refractivity contribution >= 4 is 11.9 Å². The Morgan fingerprint density at radius 2 is 1.76 bits per heavy atom. The first-order valence-corrected chi connectivity index (χ1v) is 9.61. The van der Waals surface area contributed by atoms with Crippen molar-refractivity contribution in [2.24, 2.45) is 11.8 Å². The molecule has 2 aliphatic rings. The van der Waals surface area contributed by atoms with Crippen LogP contribution in [0.3, 0.4) is 0 Å². The van der Waals surface area contributed by atoms with Gasteiger partial charge in [0.15, 0.2) is 0 Å². The minimum atomic E-state index is -0.633. The number of hydrogen-bond acceptors (Lipinski definition) is 5. The van der Waals surface area contributed by atoms with E-state index in [0.717, 1.165) is 38.5 Å². The van der Waals surface area contributed by atoms with E-state index in [-0.39, 0.29) is 35.2 Å². The Morgan fingerprint density at radius 1 is 1.12 bits per heavy atom. The van der Waals surface area contributed by atoms with Gasteiger partial charge in [-0.1, -0.05) is 19.3 Å². The van der Waals surface area contributed by atoms with Gasteiger partial charge in [0.2, 0.25) is 11.9 Å². The molecule has 142 valence electrons. The Balaban J connectivity index is 1.90. The standard InChI is InChI=1S/C18H30N2O5/c1-2-25-18(22)16(19-17(21)14-6-4-3-5-7-14)12-13-8-10-15(11-9-13)20(23)24/h13-16H,2-12H2,1H3,(H,19,21). The maximum absolute atomic E-state index is 12.5. The van der Waals surface area contributed by atoms with E-state index in [4.69, 9.17) is 4.74 Å². The first-order chi connectivity index (χ1) is 12.0. The lowest BCUT2D eigenvalue weighted by atomic mass is 9.82. The van der Waals surface area contributed by atoms with Gasteiger partial charge in [0.1, 0.15) is 6.04 Å². The van der Waals surface area contributed by atoms with E-state index in [1.54, 1.807) is 6.92 Å². The minimum Gasteiger partial charge on any atom is -0.464 e. The fourth-order valence-corrected chi connectivity index (χ4v) is 4.04. The molecular formula is C18H30N2O5. The van der Waals surface area contributed by atoms with E-state index in [1.165, 1.54) is 6.42 Å². The van der Waals surface area contributed by atoms with Crippen LogP contribution >= 0.6 is 0 Å². The van der Waals surface area contributed by atoms with Gasteiger partial charge in [0.05, 0.1) is 6.61 Å². The van der Waals surface area contributed by atoms with E-state index < -0.39 is 12.1 Å². The first kappa shape index (κ1) is 19.7. The molecule has 0 aromatic carbocycles. The van der Waals surface area contributed by atoms with Crippen LogP contribution in [0, 0.1) is 22.0 Å². The number of amides is 1. The summed E-state index contributed by atoms with van der Waals surface area (Å²) in [7, 11) is 0. The molecule has 2 saturated carbocycles. The highest BCUT2D eigenvalue weighted by atomic mass is 16.6. The summed E-state index contributed by atoms with van der Waals surface area (Å²) >= 11 is 0. The number of nitro groups is 1. The topological polar surface area (TPSA) is 98.5 Å². The third kappa shape index (κ3) is 5.97. The smallest absolute Gasteiger partial charge is 0.328 e. The molecule has 1 unspecified atom stereocenters. The zero-order valence-electron chi connectivity index (χ0n) is 15.1. The molecule has 0 spiro atoms. The second-order valence-corrected chi connectivity index (χ2v) is 7.34. The first-order valence-electron chi connectivity index (χ1n) is 9.61. The number of hydrogen-bond donors (Lipinski definition) is 1. The molecule has 0 aromatic heterocycles. The van der Waals surface area contributed by atoms with Gasteiger partial charge >= 0.3 is 5.97 Å². The van der Waals surface area contributed by atoms with Crippen molar-refractivity contribution in [3.63, 3.8) is 0 Å². The maximum atomic E-state index is 12.5. The van der Waals surface area contributed by atoms with E-state index in [1.807, 2.05) is 0 Å². The van der Waals surface area contributed by atoms with E-state index in [9.17, 15) is 19.7 Å². The molecule has 25 heavy (non-hydrogen) atoms. The fraction of sp³-hybridized carbons (Fsp3) is 0.889. The molecule has 0 aromatic rings. The van der Waals surface area contributed by atoms with Crippen LogP contribution in [0.2, 0.25) is 0 Å². The normalized spacial score (nSPS) is 25.8. The van der Waals surface area contributed by atoms with Crippen LogP contribution in [0.5, 0.6) is 0 Å². The molecule has 0 aliphatic heterocycles. The number of nitrogens with zero attached hydrogens (tertiary/aromatic N) is 1. The third-order valence-corrected chi connectivity index (χ3v) is 5.55.